The first kappa shape index (κ1) is 21.1. The molecule has 1 aliphatic heterocycles. The maximum atomic E-state index is 13.0. The van der Waals surface area contributed by atoms with Gasteiger partial charge in [0, 0.05) is 57.2 Å². The highest BCUT2D eigenvalue weighted by Crippen LogP contribution is 2.34. The zero-order valence-corrected chi connectivity index (χ0v) is 17.4. The molecule has 0 bridgehead atoms. The summed E-state index contributed by atoms with van der Waals surface area (Å²) >= 11 is 0. The molecular weight excluding hydrogens is 407 g/mol. The Bertz CT molecular complexity index is 1090. The Labute approximate surface area is 178 Å². The van der Waals surface area contributed by atoms with Gasteiger partial charge in [-0.2, -0.15) is 13.2 Å². The predicted octanol–water partition coefficient (Wildman–Crippen LogP) is 3.98. The largest absolute Gasteiger partial charge is 0.416 e. The number of hydrogen-bond acceptors (Lipinski definition) is 4. The smallest absolute Gasteiger partial charge is 0.371 e. The Hall–Kier alpha value is -3.10. The highest BCUT2D eigenvalue weighted by molar-refractivity contribution is 5.92. The number of alkyl halides is 3. The molecule has 0 atom stereocenters. The lowest BCUT2D eigenvalue weighted by Crippen LogP contribution is -2.39. The predicted molar refractivity (Wildman–Crippen MR) is 112 cm³/mol. The zero-order chi connectivity index (χ0) is 22.2. The van der Waals surface area contributed by atoms with E-state index in [4.69, 9.17) is 0 Å². The number of amides is 1. The summed E-state index contributed by atoms with van der Waals surface area (Å²) in [6, 6.07) is 5.57. The molecule has 6 nitrogen and oxygen atoms in total. The minimum Gasteiger partial charge on any atom is -0.371 e. The van der Waals surface area contributed by atoms with Gasteiger partial charge in [0.15, 0.2) is 0 Å². The average molecular weight is 431 g/mol. The first-order valence-corrected chi connectivity index (χ1v) is 10.2. The van der Waals surface area contributed by atoms with Crippen molar-refractivity contribution in [2.24, 2.45) is 13.0 Å². The molecule has 3 aromatic rings. The fourth-order valence-electron chi connectivity index (χ4n) is 4.13. The lowest BCUT2D eigenvalue weighted by Gasteiger charge is -2.35. The van der Waals surface area contributed by atoms with Crippen LogP contribution in [-0.4, -0.2) is 52.0 Å². The highest BCUT2D eigenvalue weighted by atomic mass is 19.4. The van der Waals surface area contributed by atoms with Crippen molar-refractivity contribution in [2.45, 2.75) is 19.0 Å². The fourth-order valence-corrected chi connectivity index (χ4v) is 4.13. The van der Waals surface area contributed by atoms with Gasteiger partial charge in [-0.25, -0.2) is 4.98 Å². The van der Waals surface area contributed by atoms with E-state index in [1.165, 1.54) is 6.07 Å². The molecule has 31 heavy (non-hydrogen) atoms. The number of rotatable bonds is 4. The van der Waals surface area contributed by atoms with Gasteiger partial charge in [-0.1, -0.05) is 6.07 Å². The second kappa shape index (κ2) is 8.20. The zero-order valence-electron chi connectivity index (χ0n) is 17.4. The van der Waals surface area contributed by atoms with Crippen LogP contribution in [-0.2, 0) is 13.2 Å². The van der Waals surface area contributed by atoms with Crippen LogP contribution in [0.5, 0.6) is 0 Å². The summed E-state index contributed by atoms with van der Waals surface area (Å²) in [7, 11) is 3.62. The standard InChI is InChI=1S/C22H24F3N5O/c1-28-13-19(27-14-28)21(31)29(2)12-15-6-9-30(10-7-15)20-5-8-26-18-11-16(22(23,24)25)3-4-17(18)20/h3-5,8,11,13-15H,6-7,9-10,12H2,1-2H3. The Kier molecular flexibility index (Phi) is 5.60. The van der Waals surface area contributed by atoms with Crippen molar-refractivity contribution in [2.75, 3.05) is 31.6 Å². The number of pyridine rings is 1. The lowest BCUT2D eigenvalue weighted by molar-refractivity contribution is -0.137. The minimum absolute atomic E-state index is 0.0939. The van der Waals surface area contributed by atoms with E-state index < -0.39 is 11.7 Å². The first-order chi connectivity index (χ1) is 14.7. The summed E-state index contributed by atoms with van der Waals surface area (Å²) in [6.45, 7) is 2.20. The molecule has 3 heterocycles. The van der Waals surface area contributed by atoms with Crippen molar-refractivity contribution in [1.29, 1.82) is 0 Å². The van der Waals surface area contributed by atoms with Gasteiger partial charge in [-0.15, -0.1) is 0 Å². The van der Waals surface area contributed by atoms with Gasteiger partial charge in [-0.3, -0.25) is 9.78 Å². The van der Waals surface area contributed by atoms with Crippen LogP contribution in [0.25, 0.3) is 10.9 Å². The Morgan fingerprint density at radius 2 is 1.94 bits per heavy atom. The molecule has 0 radical (unpaired) electrons. The van der Waals surface area contributed by atoms with Crippen molar-refractivity contribution in [3.8, 4) is 0 Å². The van der Waals surface area contributed by atoms with Gasteiger partial charge in [0.05, 0.1) is 17.4 Å². The number of anilines is 1. The maximum Gasteiger partial charge on any atom is 0.416 e. The van der Waals surface area contributed by atoms with Crippen LogP contribution in [0.1, 0.15) is 28.9 Å². The SMILES string of the molecule is CN(CC1CCN(c2ccnc3cc(C(F)(F)F)ccc23)CC1)C(=O)c1cn(C)cn1. The van der Waals surface area contributed by atoms with Crippen molar-refractivity contribution in [3.05, 3.63) is 54.2 Å². The summed E-state index contributed by atoms with van der Waals surface area (Å²) in [5, 5.41) is 0.719. The van der Waals surface area contributed by atoms with Gasteiger partial charge in [0.1, 0.15) is 5.69 Å². The van der Waals surface area contributed by atoms with Crippen LogP contribution in [0.3, 0.4) is 0 Å². The second-order valence-corrected chi connectivity index (χ2v) is 8.10. The number of piperidine rings is 1. The van der Waals surface area contributed by atoms with E-state index in [1.807, 2.05) is 13.1 Å². The number of carbonyl (C=O) groups excluding carboxylic acids is 1. The molecule has 1 fully saturated rings. The van der Waals surface area contributed by atoms with Crippen LogP contribution in [0, 0.1) is 5.92 Å². The van der Waals surface area contributed by atoms with Gasteiger partial charge in [-0.05, 0) is 37.0 Å². The molecule has 0 spiro atoms. The first-order valence-electron chi connectivity index (χ1n) is 10.2. The third kappa shape index (κ3) is 4.50. The number of carbonyl (C=O) groups is 1. The monoisotopic (exact) mass is 431 g/mol. The molecule has 1 amide bonds. The highest BCUT2D eigenvalue weighted by Gasteiger charge is 2.31. The van der Waals surface area contributed by atoms with Crippen molar-refractivity contribution in [3.63, 3.8) is 0 Å². The summed E-state index contributed by atoms with van der Waals surface area (Å²) in [4.78, 5) is 24.7. The number of halogens is 3. The van der Waals surface area contributed by atoms with Crippen molar-refractivity contribution in [1.82, 2.24) is 19.4 Å². The average Bonchev–Trinajstić information content (AvgIpc) is 3.18. The summed E-state index contributed by atoms with van der Waals surface area (Å²) in [5.41, 5.74) is 0.984. The van der Waals surface area contributed by atoms with Gasteiger partial charge < -0.3 is 14.4 Å². The van der Waals surface area contributed by atoms with E-state index in [2.05, 4.69) is 14.9 Å². The van der Waals surface area contributed by atoms with Crippen molar-refractivity contribution >= 4 is 22.5 Å². The molecule has 0 saturated carbocycles. The van der Waals surface area contributed by atoms with Crippen LogP contribution in [0.15, 0.2) is 43.0 Å². The van der Waals surface area contributed by atoms with E-state index in [0.717, 1.165) is 49.1 Å². The van der Waals surface area contributed by atoms with E-state index >= 15 is 0 Å². The Balaban J connectivity index is 1.42. The van der Waals surface area contributed by atoms with E-state index in [-0.39, 0.29) is 5.91 Å². The minimum atomic E-state index is -4.39. The number of hydrogen-bond donors (Lipinski definition) is 0. The summed E-state index contributed by atoms with van der Waals surface area (Å²) in [6.07, 6.45) is 2.27. The molecular formula is C22H24F3N5O. The van der Waals surface area contributed by atoms with Crippen LogP contribution < -0.4 is 4.90 Å². The molecule has 0 unspecified atom stereocenters. The van der Waals surface area contributed by atoms with E-state index in [1.54, 1.807) is 35.2 Å². The number of benzene rings is 1. The van der Waals surface area contributed by atoms with E-state index in [9.17, 15) is 18.0 Å². The van der Waals surface area contributed by atoms with Crippen LogP contribution in [0.4, 0.5) is 18.9 Å². The third-order valence-corrected chi connectivity index (χ3v) is 5.81. The lowest BCUT2D eigenvalue weighted by atomic mass is 9.95. The third-order valence-electron chi connectivity index (χ3n) is 5.81. The quantitative estimate of drug-likeness (QED) is 0.627. The van der Waals surface area contributed by atoms with Gasteiger partial charge in [0.2, 0.25) is 0 Å². The molecule has 1 aromatic carbocycles. The van der Waals surface area contributed by atoms with Crippen LogP contribution >= 0.6 is 0 Å². The number of aryl methyl sites for hydroxylation is 1. The molecule has 9 heteroatoms. The molecule has 164 valence electrons. The molecule has 4 rings (SSSR count). The summed E-state index contributed by atoms with van der Waals surface area (Å²) in [5.74, 6) is 0.266. The number of aromatic nitrogens is 3. The van der Waals surface area contributed by atoms with E-state index in [0.29, 0.717) is 23.7 Å². The van der Waals surface area contributed by atoms with Crippen molar-refractivity contribution < 1.29 is 18.0 Å². The maximum absolute atomic E-state index is 13.0. The molecule has 0 aliphatic carbocycles. The number of nitrogens with zero attached hydrogens (tertiary/aromatic N) is 5. The second-order valence-electron chi connectivity index (χ2n) is 8.10. The van der Waals surface area contributed by atoms with Gasteiger partial charge >= 0.3 is 6.18 Å². The summed E-state index contributed by atoms with van der Waals surface area (Å²) < 4.78 is 40.8. The normalized spacial score (nSPS) is 15.5. The van der Waals surface area contributed by atoms with Crippen LogP contribution in [0.2, 0.25) is 0 Å². The number of fused-ring (bicyclic) bond motifs is 1. The molecule has 2 aromatic heterocycles. The fraction of sp³-hybridized carbons (Fsp3) is 0.409. The Morgan fingerprint density at radius 3 is 2.58 bits per heavy atom. The molecule has 0 N–H and O–H groups in total. The topological polar surface area (TPSA) is 54.3 Å². The molecule has 1 aliphatic rings. The number of imidazole rings is 1. The van der Waals surface area contributed by atoms with Gasteiger partial charge in [0.25, 0.3) is 5.91 Å². The molecule has 1 saturated heterocycles. The Morgan fingerprint density at radius 1 is 1.19 bits per heavy atom.